The summed E-state index contributed by atoms with van der Waals surface area (Å²) < 4.78 is 17.8. The van der Waals surface area contributed by atoms with Gasteiger partial charge in [-0.1, -0.05) is 60.7 Å². The number of hydrogen-bond donors (Lipinski definition) is 2. The van der Waals surface area contributed by atoms with E-state index in [-0.39, 0.29) is 31.5 Å². The third-order valence-electron chi connectivity index (χ3n) is 4.33. The van der Waals surface area contributed by atoms with Gasteiger partial charge in [-0.25, -0.2) is 0 Å². The first-order valence-corrected chi connectivity index (χ1v) is 9.31. The SMILES string of the molecule is CC(OCc1ccccc1)C(OCc1ccccc1)C(C)OCC(O)CO. The molecule has 0 heterocycles. The molecule has 148 valence electrons. The number of hydrogen-bond acceptors (Lipinski definition) is 5. The van der Waals surface area contributed by atoms with Crippen molar-refractivity contribution in [1.82, 2.24) is 0 Å². The highest BCUT2D eigenvalue weighted by atomic mass is 16.6. The highest BCUT2D eigenvalue weighted by Gasteiger charge is 2.27. The molecular formula is C22H30O5. The maximum atomic E-state index is 9.54. The molecule has 5 heteroatoms. The number of aliphatic hydroxyl groups is 2. The lowest BCUT2D eigenvalue weighted by atomic mass is 10.1. The largest absolute Gasteiger partial charge is 0.394 e. The van der Waals surface area contributed by atoms with Gasteiger partial charge >= 0.3 is 0 Å². The molecular weight excluding hydrogens is 344 g/mol. The molecule has 0 aliphatic rings. The summed E-state index contributed by atoms with van der Waals surface area (Å²) in [6, 6.07) is 19.9. The van der Waals surface area contributed by atoms with Crippen LogP contribution in [-0.2, 0) is 27.4 Å². The topological polar surface area (TPSA) is 68.2 Å². The second-order valence-corrected chi connectivity index (χ2v) is 6.64. The van der Waals surface area contributed by atoms with E-state index in [0.717, 1.165) is 11.1 Å². The summed E-state index contributed by atoms with van der Waals surface area (Å²) in [5.74, 6) is 0. The molecule has 0 spiro atoms. The first-order valence-electron chi connectivity index (χ1n) is 9.31. The second-order valence-electron chi connectivity index (χ2n) is 6.64. The van der Waals surface area contributed by atoms with E-state index in [2.05, 4.69) is 0 Å². The van der Waals surface area contributed by atoms with Crippen molar-refractivity contribution in [3.05, 3.63) is 71.8 Å². The van der Waals surface area contributed by atoms with Crippen LogP contribution in [0.25, 0.3) is 0 Å². The minimum absolute atomic E-state index is 0.0499. The van der Waals surface area contributed by atoms with Crippen molar-refractivity contribution in [2.75, 3.05) is 13.2 Å². The van der Waals surface area contributed by atoms with Crippen LogP contribution in [-0.4, -0.2) is 47.8 Å². The van der Waals surface area contributed by atoms with Crippen LogP contribution in [0.2, 0.25) is 0 Å². The summed E-state index contributed by atoms with van der Waals surface area (Å²) in [4.78, 5) is 0. The standard InChI is InChI=1S/C22H30O5/c1-17(25-14-19-9-5-3-6-10-19)22(18(2)26-16-21(24)13-23)27-15-20-11-7-4-8-12-20/h3-12,17-18,21-24H,13-16H2,1-2H3. The third kappa shape index (κ3) is 7.79. The Morgan fingerprint density at radius 2 is 1.22 bits per heavy atom. The van der Waals surface area contributed by atoms with Crippen LogP contribution in [0.4, 0.5) is 0 Å². The van der Waals surface area contributed by atoms with Gasteiger partial charge in [-0.15, -0.1) is 0 Å². The van der Waals surface area contributed by atoms with Crippen LogP contribution in [0, 0.1) is 0 Å². The molecule has 2 rings (SSSR count). The fourth-order valence-corrected chi connectivity index (χ4v) is 2.73. The van der Waals surface area contributed by atoms with E-state index in [4.69, 9.17) is 19.3 Å². The molecule has 4 atom stereocenters. The van der Waals surface area contributed by atoms with E-state index in [1.807, 2.05) is 74.5 Å². The Morgan fingerprint density at radius 3 is 1.74 bits per heavy atom. The van der Waals surface area contributed by atoms with Crippen molar-refractivity contribution in [3.8, 4) is 0 Å². The van der Waals surface area contributed by atoms with E-state index >= 15 is 0 Å². The highest BCUT2D eigenvalue weighted by Crippen LogP contribution is 2.16. The number of rotatable bonds is 12. The van der Waals surface area contributed by atoms with Crippen LogP contribution < -0.4 is 0 Å². The molecule has 0 saturated carbocycles. The van der Waals surface area contributed by atoms with E-state index < -0.39 is 6.10 Å². The predicted octanol–water partition coefficient (Wildman–Crippen LogP) is 2.94. The quantitative estimate of drug-likeness (QED) is 0.598. The van der Waals surface area contributed by atoms with Gasteiger partial charge in [0.25, 0.3) is 0 Å². The summed E-state index contributed by atoms with van der Waals surface area (Å²) in [7, 11) is 0. The Labute approximate surface area is 161 Å². The van der Waals surface area contributed by atoms with E-state index in [1.165, 1.54) is 0 Å². The Morgan fingerprint density at radius 1 is 0.741 bits per heavy atom. The van der Waals surface area contributed by atoms with Crippen molar-refractivity contribution in [1.29, 1.82) is 0 Å². The van der Waals surface area contributed by atoms with Crippen LogP contribution in [0.5, 0.6) is 0 Å². The van der Waals surface area contributed by atoms with Gasteiger partial charge < -0.3 is 24.4 Å². The van der Waals surface area contributed by atoms with Crippen molar-refractivity contribution in [2.24, 2.45) is 0 Å². The Bertz CT molecular complexity index is 619. The molecule has 0 fully saturated rings. The summed E-state index contributed by atoms with van der Waals surface area (Å²) in [6.07, 6.45) is -1.74. The van der Waals surface area contributed by atoms with Crippen LogP contribution in [0.1, 0.15) is 25.0 Å². The summed E-state index contributed by atoms with van der Waals surface area (Å²) >= 11 is 0. The molecule has 4 unspecified atom stereocenters. The van der Waals surface area contributed by atoms with E-state index in [9.17, 15) is 5.11 Å². The van der Waals surface area contributed by atoms with E-state index in [1.54, 1.807) is 0 Å². The van der Waals surface area contributed by atoms with Gasteiger partial charge in [0.15, 0.2) is 0 Å². The number of ether oxygens (including phenoxy) is 3. The van der Waals surface area contributed by atoms with Gasteiger partial charge in [0.05, 0.1) is 38.6 Å². The first kappa shape index (κ1) is 21.5. The third-order valence-corrected chi connectivity index (χ3v) is 4.33. The average molecular weight is 374 g/mol. The van der Waals surface area contributed by atoms with Gasteiger partial charge in [0.1, 0.15) is 12.2 Å². The molecule has 27 heavy (non-hydrogen) atoms. The number of aliphatic hydroxyl groups excluding tert-OH is 2. The zero-order chi connectivity index (χ0) is 19.5. The van der Waals surface area contributed by atoms with Gasteiger partial charge in [-0.3, -0.25) is 0 Å². The second kappa shape index (κ2) is 11.8. The molecule has 2 aromatic carbocycles. The molecule has 5 nitrogen and oxygen atoms in total. The molecule has 0 amide bonds. The fourth-order valence-electron chi connectivity index (χ4n) is 2.73. The van der Waals surface area contributed by atoms with Gasteiger partial charge in [-0.2, -0.15) is 0 Å². The van der Waals surface area contributed by atoms with Crippen molar-refractivity contribution in [2.45, 2.75) is 51.5 Å². The lowest BCUT2D eigenvalue weighted by molar-refractivity contribution is -0.147. The lowest BCUT2D eigenvalue weighted by Crippen LogP contribution is -2.41. The zero-order valence-electron chi connectivity index (χ0n) is 16.0. The summed E-state index contributed by atoms with van der Waals surface area (Å²) in [6.45, 7) is 4.50. The number of benzene rings is 2. The Balaban J connectivity index is 1.95. The molecule has 0 aliphatic heterocycles. The summed E-state index contributed by atoms with van der Waals surface area (Å²) in [5, 5.41) is 18.5. The maximum Gasteiger partial charge on any atom is 0.110 e. The Kier molecular flexibility index (Phi) is 9.45. The lowest BCUT2D eigenvalue weighted by Gasteiger charge is -2.30. The molecule has 0 bridgehead atoms. The normalized spacial score (nSPS) is 15.9. The van der Waals surface area contributed by atoms with Crippen LogP contribution in [0.15, 0.2) is 60.7 Å². The van der Waals surface area contributed by atoms with E-state index in [0.29, 0.717) is 13.2 Å². The van der Waals surface area contributed by atoms with Crippen molar-refractivity contribution in [3.63, 3.8) is 0 Å². The molecule has 0 radical (unpaired) electrons. The first-order chi connectivity index (χ1) is 13.1. The summed E-state index contributed by atoms with van der Waals surface area (Å²) in [5.41, 5.74) is 2.16. The molecule has 2 N–H and O–H groups in total. The molecule has 0 aromatic heterocycles. The minimum atomic E-state index is -0.900. The minimum Gasteiger partial charge on any atom is -0.394 e. The molecule has 0 saturated heterocycles. The van der Waals surface area contributed by atoms with Gasteiger partial charge in [-0.05, 0) is 25.0 Å². The molecule has 2 aromatic rings. The Hall–Kier alpha value is -1.76. The average Bonchev–Trinajstić information content (AvgIpc) is 2.72. The molecule has 0 aliphatic carbocycles. The predicted molar refractivity (Wildman–Crippen MR) is 104 cm³/mol. The van der Waals surface area contributed by atoms with Crippen LogP contribution in [0.3, 0.4) is 0 Å². The highest BCUT2D eigenvalue weighted by molar-refractivity contribution is 5.14. The maximum absolute atomic E-state index is 9.54. The van der Waals surface area contributed by atoms with Gasteiger partial charge in [0, 0.05) is 0 Å². The van der Waals surface area contributed by atoms with Crippen molar-refractivity contribution >= 4 is 0 Å². The van der Waals surface area contributed by atoms with Crippen LogP contribution >= 0.6 is 0 Å². The van der Waals surface area contributed by atoms with Gasteiger partial charge in [0.2, 0.25) is 0 Å². The zero-order valence-corrected chi connectivity index (χ0v) is 16.0. The van der Waals surface area contributed by atoms with Crippen molar-refractivity contribution < 1.29 is 24.4 Å². The fraction of sp³-hybridized carbons (Fsp3) is 0.455. The smallest absolute Gasteiger partial charge is 0.110 e. The monoisotopic (exact) mass is 374 g/mol.